The maximum absolute atomic E-state index is 14.0. The number of para-hydroxylation sites is 1. The van der Waals surface area contributed by atoms with Crippen LogP contribution in [0.4, 0.5) is 19.0 Å². The van der Waals surface area contributed by atoms with Gasteiger partial charge >= 0.3 is 6.61 Å². The molecular formula is C32H30F3N5O5S. The van der Waals surface area contributed by atoms with Crippen molar-refractivity contribution < 1.29 is 35.9 Å². The lowest BCUT2D eigenvalue weighted by Gasteiger charge is -2.31. The van der Waals surface area contributed by atoms with Gasteiger partial charge in [0, 0.05) is 31.1 Å². The number of aryl methyl sites for hydroxylation is 1. The van der Waals surface area contributed by atoms with E-state index in [1.807, 2.05) is 0 Å². The lowest BCUT2D eigenvalue weighted by atomic mass is 9.87. The SMILES string of the molecule is Cc1cc(Oc2ccccc2F)ncc1-n1ncc(C(=O)C2=Cc3cc(OC(F)F)c(C4CCN(S(C)(=O)=O)CC4)cc3C2)c1N. The highest BCUT2D eigenvalue weighted by Gasteiger charge is 2.31. The standard InChI is InChI=1S/C32H30F3N5O5S/c1-18-11-29(44-27-6-4-3-5-25(27)33)37-17-26(18)40-31(36)24(16-38-40)30(41)22-12-20-14-23(28(45-32(34)35)15-21(20)13-22)19-7-9-39(10-8-19)46(2,42)43/h3-6,11,13-17,19,32H,7-10,12,36H2,1-2H3. The number of pyridine rings is 1. The minimum Gasteiger partial charge on any atom is -0.436 e. The molecule has 0 spiro atoms. The number of anilines is 1. The van der Waals surface area contributed by atoms with Crippen LogP contribution in [-0.2, 0) is 16.4 Å². The molecule has 240 valence electrons. The first kappa shape index (κ1) is 31.3. The van der Waals surface area contributed by atoms with Crippen LogP contribution < -0.4 is 15.2 Å². The molecule has 2 N–H and O–H groups in total. The molecule has 0 radical (unpaired) electrons. The summed E-state index contributed by atoms with van der Waals surface area (Å²) in [7, 11) is -3.35. The number of hydrogen-bond donors (Lipinski definition) is 1. The second kappa shape index (κ2) is 12.2. The smallest absolute Gasteiger partial charge is 0.387 e. The van der Waals surface area contributed by atoms with Gasteiger partial charge in [0.2, 0.25) is 15.9 Å². The Hall–Kier alpha value is -4.69. The highest BCUT2D eigenvalue weighted by atomic mass is 32.2. The van der Waals surface area contributed by atoms with Crippen molar-refractivity contribution in [2.24, 2.45) is 0 Å². The number of hydrogen-bond acceptors (Lipinski definition) is 8. The summed E-state index contributed by atoms with van der Waals surface area (Å²) in [6.45, 7) is -0.735. The second-order valence-electron chi connectivity index (χ2n) is 11.3. The van der Waals surface area contributed by atoms with Gasteiger partial charge in [-0.15, -0.1) is 0 Å². The number of rotatable bonds is 9. The lowest BCUT2D eigenvalue weighted by molar-refractivity contribution is -0.0507. The van der Waals surface area contributed by atoms with Gasteiger partial charge in [0.25, 0.3) is 0 Å². The van der Waals surface area contributed by atoms with Crippen molar-refractivity contribution in [1.29, 1.82) is 0 Å². The average Bonchev–Trinajstić information content (AvgIpc) is 3.60. The predicted molar refractivity (Wildman–Crippen MR) is 164 cm³/mol. The van der Waals surface area contributed by atoms with E-state index >= 15 is 0 Å². The van der Waals surface area contributed by atoms with E-state index < -0.39 is 22.5 Å². The number of nitrogen functional groups attached to an aromatic ring is 1. The Morgan fingerprint density at radius 2 is 1.83 bits per heavy atom. The van der Waals surface area contributed by atoms with E-state index in [0.29, 0.717) is 40.8 Å². The van der Waals surface area contributed by atoms with Crippen molar-refractivity contribution in [2.75, 3.05) is 25.1 Å². The van der Waals surface area contributed by atoms with Gasteiger partial charge < -0.3 is 15.2 Å². The van der Waals surface area contributed by atoms with Crippen LogP contribution in [-0.4, -0.2) is 59.2 Å². The number of carbonyl (C=O) groups excluding carboxylic acids is 1. The maximum Gasteiger partial charge on any atom is 0.387 e. The lowest BCUT2D eigenvalue weighted by Crippen LogP contribution is -2.37. The fraction of sp³-hybridized carbons (Fsp3) is 0.281. The number of allylic oxidation sites excluding steroid dienone is 1. The van der Waals surface area contributed by atoms with Gasteiger partial charge in [-0.2, -0.15) is 13.9 Å². The number of sulfonamides is 1. The van der Waals surface area contributed by atoms with Crippen LogP contribution >= 0.6 is 0 Å². The first-order valence-corrected chi connectivity index (χ1v) is 16.3. The van der Waals surface area contributed by atoms with Gasteiger partial charge in [-0.3, -0.25) is 4.79 Å². The monoisotopic (exact) mass is 653 g/mol. The third kappa shape index (κ3) is 6.22. The molecule has 2 aromatic heterocycles. The fourth-order valence-corrected chi connectivity index (χ4v) is 6.76. The Bertz CT molecular complexity index is 1970. The van der Waals surface area contributed by atoms with Crippen LogP contribution in [0, 0.1) is 12.7 Å². The summed E-state index contributed by atoms with van der Waals surface area (Å²) >= 11 is 0. The molecule has 3 heterocycles. The van der Waals surface area contributed by atoms with Crippen molar-refractivity contribution in [3.63, 3.8) is 0 Å². The second-order valence-corrected chi connectivity index (χ2v) is 13.3. The van der Waals surface area contributed by atoms with E-state index in [0.717, 1.165) is 11.8 Å². The molecule has 1 fully saturated rings. The number of carbonyl (C=O) groups is 1. The number of ether oxygens (including phenoxy) is 2. The summed E-state index contributed by atoms with van der Waals surface area (Å²) in [6.07, 6.45) is 6.73. The number of fused-ring (bicyclic) bond motifs is 1. The van der Waals surface area contributed by atoms with Crippen LogP contribution in [0.15, 0.2) is 60.4 Å². The molecule has 1 saturated heterocycles. The van der Waals surface area contributed by atoms with Crippen molar-refractivity contribution in [2.45, 2.75) is 38.7 Å². The number of nitrogens with zero attached hydrogens (tertiary/aromatic N) is 4. The van der Waals surface area contributed by atoms with E-state index in [9.17, 15) is 26.4 Å². The maximum atomic E-state index is 14.0. The number of alkyl halides is 2. The van der Waals surface area contributed by atoms with Gasteiger partial charge in [-0.25, -0.2) is 26.8 Å². The normalized spacial score (nSPS) is 15.6. The third-order valence-electron chi connectivity index (χ3n) is 8.24. The first-order valence-electron chi connectivity index (χ1n) is 14.4. The molecule has 0 bridgehead atoms. The number of benzene rings is 2. The van der Waals surface area contributed by atoms with E-state index in [1.165, 1.54) is 39.6 Å². The van der Waals surface area contributed by atoms with Gasteiger partial charge in [0.05, 0.1) is 29.9 Å². The Kier molecular flexibility index (Phi) is 8.33. The Morgan fingerprint density at radius 1 is 1.09 bits per heavy atom. The van der Waals surface area contributed by atoms with E-state index in [4.69, 9.17) is 15.2 Å². The third-order valence-corrected chi connectivity index (χ3v) is 9.54. The van der Waals surface area contributed by atoms with Crippen LogP contribution in [0.1, 0.15) is 51.4 Å². The highest BCUT2D eigenvalue weighted by Crippen LogP contribution is 2.41. The summed E-state index contributed by atoms with van der Waals surface area (Å²) < 4.78 is 77.9. The molecule has 14 heteroatoms. The average molecular weight is 654 g/mol. The molecule has 0 atom stereocenters. The highest BCUT2D eigenvalue weighted by molar-refractivity contribution is 7.88. The van der Waals surface area contributed by atoms with Crippen molar-refractivity contribution in [3.05, 3.63) is 94.1 Å². The van der Waals surface area contributed by atoms with E-state index in [-0.39, 0.29) is 60.0 Å². The molecule has 10 nitrogen and oxygen atoms in total. The van der Waals surface area contributed by atoms with Crippen LogP contribution in [0.5, 0.6) is 17.4 Å². The molecule has 0 saturated carbocycles. The van der Waals surface area contributed by atoms with Crippen molar-refractivity contribution in [1.82, 2.24) is 19.1 Å². The molecule has 0 amide bonds. The molecule has 2 aromatic carbocycles. The summed E-state index contributed by atoms with van der Waals surface area (Å²) in [4.78, 5) is 17.9. The molecule has 1 aliphatic heterocycles. The minimum absolute atomic E-state index is 0.00856. The topological polar surface area (TPSA) is 130 Å². The van der Waals surface area contributed by atoms with Crippen LogP contribution in [0.2, 0.25) is 0 Å². The minimum atomic E-state index is -3.35. The zero-order chi connectivity index (χ0) is 32.7. The van der Waals surface area contributed by atoms with E-state index in [2.05, 4.69) is 10.1 Å². The van der Waals surface area contributed by atoms with Crippen LogP contribution in [0.3, 0.4) is 0 Å². The summed E-state index contributed by atoms with van der Waals surface area (Å²) in [5.74, 6) is -0.813. The molecule has 46 heavy (non-hydrogen) atoms. The van der Waals surface area contributed by atoms with Gasteiger partial charge in [0.15, 0.2) is 17.3 Å². The number of ketones is 1. The zero-order valence-corrected chi connectivity index (χ0v) is 25.7. The van der Waals surface area contributed by atoms with Crippen molar-refractivity contribution >= 4 is 27.7 Å². The fourth-order valence-electron chi connectivity index (χ4n) is 5.89. The number of halogens is 3. The Labute approximate surface area is 263 Å². The van der Waals surface area contributed by atoms with Gasteiger partial charge in [0.1, 0.15) is 11.6 Å². The molecule has 1 aliphatic carbocycles. The number of Topliss-reactive ketones (excluding diaryl/α,β-unsaturated/α-hetero) is 1. The summed E-state index contributed by atoms with van der Waals surface area (Å²) in [6, 6.07) is 10.8. The zero-order valence-electron chi connectivity index (χ0n) is 24.9. The molecule has 4 aromatic rings. The van der Waals surface area contributed by atoms with E-state index in [1.54, 1.807) is 37.3 Å². The molecule has 6 rings (SSSR count). The Morgan fingerprint density at radius 3 is 2.50 bits per heavy atom. The van der Waals surface area contributed by atoms with Gasteiger partial charge in [-0.1, -0.05) is 18.2 Å². The first-order chi connectivity index (χ1) is 21.9. The van der Waals surface area contributed by atoms with Crippen LogP contribution in [0.25, 0.3) is 11.8 Å². The summed E-state index contributed by atoms with van der Waals surface area (Å²) in [5.41, 5.74) is 10.00. The quantitative estimate of drug-likeness (QED) is 0.230. The largest absolute Gasteiger partial charge is 0.436 e. The van der Waals surface area contributed by atoms with Crippen molar-refractivity contribution in [3.8, 4) is 23.1 Å². The molecular weight excluding hydrogens is 623 g/mol. The number of piperidine rings is 1. The van der Waals surface area contributed by atoms with Gasteiger partial charge in [-0.05, 0) is 72.2 Å². The summed E-state index contributed by atoms with van der Waals surface area (Å²) in [5, 5.41) is 4.31. The predicted octanol–water partition coefficient (Wildman–Crippen LogP) is 5.65. The molecule has 0 unspecified atom stereocenters. The molecule has 2 aliphatic rings. The Balaban J connectivity index is 1.22. The number of aromatic nitrogens is 3. The number of nitrogens with two attached hydrogens (primary N) is 1.